The molecule has 1 aliphatic heterocycles. The van der Waals surface area contributed by atoms with Crippen LogP contribution in [-0.2, 0) is 9.53 Å². The van der Waals surface area contributed by atoms with E-state index in [9.17, 15) is 9.59 Å². The van der Waals surface area contributed by atoms with Crippen molar-refractivity contribution in [2.45, 2.75) is 13.0 Å². The van der Waals surface area contributed by atoms with Gasteiger partial charge >= 0.3 is 5.97 Å². The highest BCUT2D eigenvalue weighted by atomic mass is 32.1. The summed E-state index contributed by atoms with van der Waals surface area (Å²) in [4.78, 5) is 33.6. The molecule has 0 unspecified atom stereocenters. The highest BCUT2D eigenvalue weighted by molar-refractivity contribution is 7.07. The predicted octanol–water partition coefficient (Wildman–Crippen LogP) is 2.49. The summed E-state index contributed by atoms with van der Waals surface area (Å²) in [6, 6.07) is 12.5. The zero-order chi connectivity index (χ0) is 25.3. The molecule has 0 bridgehead atoms. The van der Waals surface area contributed by atoms with E-state index in [-0.39, 0.29) is 5.56 Å². The van der Waals surface area contributed by atoms with Crippen molar-refractivity contribution >= 4 is 29.1 Å². The molecule has 8 nitrogen and oxygen atoms in total. The smallest absolute Gasteiger partial charge is 0.338 e. The van der Waals surface area contributed by atoms with E-state index in [0.717, 1.165) is 11.3 Å². The Hall–Kier alpha value is -3.85. The van der Waals surface area contributed by atoms with Gasteiger partial charge in [-0.15, -0.1) is 0 Å². The Morgan fingerprint density at radius 2 is 1.74 bits per heavy atom. The Bertz CT molecular complexity index is 1480. The first-order valence-corrected chi connectivity index (χ1v) is 11.7. The molecular weight excluding hydrogens is 466 g/mol. The van der Waals surface area contributed by atoms with Gasteiger partial charge < -0.3 is 19.1 Å². The molecule has 0 N–H and O–H groups in total. The van der Waals surface area contributed by atoms with E-state index in [0.29, 0.717) is 37.7 Å². The van der Waals surface area contributed by atoms with E-state index in [2.05, 4.69) is 4.99 Å². The molecule has 2 aromatic carbocycles. The van der Waals surface area contributed by atoms with Crippen molar-refractivity contribution in [3.05, 3.63) is 84.5 Å². The number of ether oxygens (including phenoxy) is 3. The molecule has 3 aromatic rings. The Morgan fingerprint density at radius 1 is 1.06 bits per heavy atom. The molecule has 0 saturated heterocycles. The number of fused-ring (bicyclic) bond motifs is 1. The lowest BCUT2D eigenvalue weighted by atomic mass is 9.95. The second-order valence-corrected chi connectivity index (χ2v) is 9.18. The summed E-state index contributed by atoms with van der Waals surface area (Å²) in [5.74, 6) is 0.497. The Morgan fingerprint density at radius 3 is 2.34 bits per heavy atom. The maximum absolute atomic E-state index is 13.7. The van der Waals surface area contributed by atoms with Gasteiger partial charge in [0, 0.05) is 19.8 Å². The number of benzene rings is 2. The monoisotopic (exact) mass is 493 g/mol. The number of aromatic nitrogens is 1. The number of allylic oxidation sites excluding steroid dienone is 1. The van der Waals surface area contributed by atoms with Crippen LogP contribution >= 0.6 is 11.3 Å². The summed E-state index contributed by atoms with van der Waals surface area (Å²) in [7, 11) is 8.36. The Balaban J connectivity index is 1.93. The molecule has 0 aliphatic carbocycles. The van der Waals surface area contributed by atoms with Crippen LogP contribution in [0.5, 0.6) is 11.5 Å². The molecule has 35 heavy (non-hydrogen) atoms. The molecule has 0 spiro atoms. The summed E-state index contributed by atoms with van der Waals surface area (Å²) in [6.45, 7) is 1.75. The highest BCUT2D eigenvalue weighted by Gasteiger charge is 2.33. The lowest BCUT2D eigenvalue weighted by Crippen LogP contribution is -2.39. The van der Waals surface area contributed by atoms with Crippen LogP contribution in [-0.4, -0.2) is 46.0 Å². The van der Waals surface area contributed by atoms with Gasteiger partial charge in [0.1, 0.15) is 0 Å². The second-order valence-electron chi connectivity index (χ2n) is 8.17. The van der Waals surface area contributed by atoms with Gasteiger partial charge in [0.2, 0.25) is 0 Å². The van der Waals surface area contributed by atoms with E-state index in [4.69, 9.17) is 14.2 Å². The fourth-order valence-electron chi connectivity index (χ4n) is 4.05. The molecule has 1 aromatic heterocycles. The van der Waals surface area contributed by atoms with Crippen LogP contribution in [0.3, 0.4) is 0 Å². The third-order valence-corrected chi connectivity index (χ3v) is 6.84. The molecule has 4 rings (SSSR count). The SMILES string of the molecule is COC(=O)C1=C(C)N=c2s/c(=C\c3ccc(N(C)C)cc3)c(=O)n2[C@H]1c1ccc(OC)c(OC)c1. The van der Waals surface area contributed by atoms with E-state index in [1.165, 1.54) is 25.6 Å². The second kappa shape index (κ2) is 9.79. The van der Waals surface area contributed by atoms with Crippen LogP contribution < -0.4 is 29.3 Å². The van der Waals surface area contributed by atoms with Gasteiger partial charge in [0.25, 0.3) is 5.56 Å². The van der Waals surface area contributed by atoms with Crippen molar-refractivity contribution in [1.82, 2.24) is 4.57 Å². The third-order valence-electron chi connectivity index (χ3n) is 5.86. The Kier molecular flexibility index (Phi) is 6.79. The van der Waals surface area contributed by atoms with E-state index in [1.807, 2.05) is 55.4 Å². The van der Waals surface area contributed by atoms with Crippen molar-refractivity contribution in [3.8, 4) is 11.5 Å². The number of thiazole rings is 1. The summed E-state index contributed by atoms with van der Waals surface area (Å²) in [5.41, 5.74) is 3.20. The number of methoxy groups -OCH3 is 3. The number of esters is 1. The van der Waals surface area contributed by atoms with Crippen molar-refractivity contribution in [3.63, 3.8) is 0 Å². The maximum Gasteiger partial charge on any atom is 0.338 e. The minimum absolute atomic E-state index is 0.237. The number of rotatable bonds is 6. The molecule has 0 fully saturated rings. The number of carbonyl (C=O) groups is 1. The van der Waals surface area contributed by atoms with Gasteiger partial charge in [-0.05, 0) is 48.4 Å². The fraction of sp³-hybridized carbons (Fsp3) is 0.269. The van der Waals surface area contributed by atoms with Crippen molar-refractivity contribution in [2.24, 2.45) is 4.99 Å². The Labute approximate surface area is 207 Å². The lowest BCUT2D eigenvalue weighted by molar-refractivity contribution is -0.136. The summed E-state index contributed by atoms with van der Waals surface area (Å²) >= 11 is 1.28. The predicted molar refractivity (Wildman–Crippen MR) is 136 cm³/mol. The number of hydrogen-bond acceptors (Lipinski definition) is 8. The summed E-state index contributed by atoms with van der Waals surface area (Å²) < 4.78 is 18.0. The van der Waals surface area contributed by atoms with Crippen LogP contribution in [0.4, 0.5) is 5.69 Å². The third kappa shape index (κ3) is 4.46. The van der Waals surface area contributed by atoms with Crippen LogP contribution in [0.2, 0.25) is 0 Å². The minimum atomic E-state index is -0.725. The molecule has 1 atom stereocenters. The van der Waals surface area contributed by atoms with E-state index in [1.54, 1.807) is 30.7 Å². The van der Waals surface area contributed by atoms with Gasteiger partial charge in [-0.1, -0.05) is 29.5 Å². The quantitative estimate of drug-likeness (QED) is 0.491. The molecule has 0 amide bonds. The molecule has 182 valence electrons. The number of carbonyl (C=O) groups excluding carboxylic acids is 1. The fourth-order valence-corrected chi connectivity index (χ4v) is 5.10. The van der Waals surface area contributed by atoms with Gasteiger partial charge in [-0.3, -0.25) is 9.36 Å². The van der Waals surface area contributed by atoms with Gasteiger partial charge in [0.05, 0.1) is 43.2 Å². The number of hydrogen-bond donors (Lipinski definition) is 0. The molecule has 9 heteroatoms. The molecular formula is C26H27N3O5S. The average Bonchev–Trinajstić information content (AvgIpc) is 3.16. The first-order valence-electron chi connectivity index (χ1n) is 10.9. The van der Waals surface area contributed by atoms with Crippen LogP contribution in [0.15, 0.2) is 63.5 Å². The zero-order valence-electron chi connectivity index (χ0n) is 20.5. The van der Waals surface area contributed by atoms with Crippen molar-refractivity contribution in [1.29, 1.82) is 0 Å². The van der Waals surface area contributed by atoms with Crippen LogP contribution in [0.1, 0.15) is 24.1 Å². The zero-order valence-corrected chi connectivity index (χ0v) is 21.3. The molecule has 2 heterocycles. The average molecular weight is 494 g/mol. The van der Waals surface area contributed by atoms with Crippen molar-refractivity contribution in [2.75, 3.05) is 40.3 Å². The van der Waals surface area contributed by atoms with Crippen LogP contribution in [0, 0.1) is 0 Å². The topological polar surface area (TPSA) is 82.4 Å². The van der Waals surface area contributed by atoms with Gasteiger partial charge in [0.15, 0.2) is 16.3 Å². The van der Waals surface area contributed by atoms with E-state index >= 15 is 0 Å². The van der Waals surface area contributed by atoms with Crippen molar-refractivity contribution < 1.29 is 19.0 Å². The summed E-state index contributed by atoms with van der Waals surface area (Å²) in [6.07, 6.45) is 1.84. The number of nitrogens with zero attached hydrogens (tertiary/aromatic N) is 3. The molecule has 0 radical (unpaired) electrons. The molecule has 1 aliphatic rings. The van der Waals surface area contributed by atoms with E-state index < -0.39 is 12.0 Å². The minimum Gasteiger partial charge on any atom is -0.493 e. The largest absolute Gasteiger partial charge is 0.493 e. The molecule has 0 saturated carbocycles. The first-order chi connectivity index (χ1) is 16.8. The summed E-state index contributed by atoms with van der Waals surface area (Å²) in [5, 5.41) is 0. The first kappa shape index (κ1) is 24.3. The maximum atomic E-state index is 13.7. The highest BCUT2D eigenvalue weighted by Crippen LogP contribution is 2.35. The van der Waals surface area contributed by atoms with Crippen LogP contribution in [0.25, 0.3) is 6.08 Å². The standard InChI is InChI=1S/C26H27N3O5S/c1-15-22(25(31)34-6)23(17-9-12-19(32-4)20(14-17)33-5)29-24(30)21(35-26(29)27-15)13-16-7-10-18(11-8-16)28(2)3/h7-14,23H,1-6H3/b21-13-/t23-/m0/s1. The number of anilines is 1. The lowest BCUT2D eigenvalue weighted by Gasteiger charge is -2.25. The van der Waals surface area contributed by atoms with Gasteiger partial charge in [-0.25, -0.2) is 9.79 Å². The van der Waals surface area contributed by atoms with Gasteiger partial charge in [-0.2, -0.15) is 0 Å². The normalized spacial score (nSPS) is 15.4.